The highest BCUT2D eigenvalue weighted by molar-refractivity contribution is 9.10. The van der Waals surface area contributed by atoms with Crippen molar-refractivity contribution in [1.29, 1.82) is 0 Å². The van der Waals surface area contributed by atoms with Gasteiger partial charge >= 0.3 is 0 Å². The Hall–Kier alpha value is -1.18. The molecule has 0 fully saturated rings. The first-order valence-corrected chi connectivity index (χ1v) is 8.18. The smallest absolute Gasteiger partial charge is 0.283 e. The van der Waals surface area contributed by atoms with Crippen molar-refractivity contribution in [2.75, 3.05) is 19.0 Å². The molecule has 0 aliphatic rings. The van der Waals surface area contributed by atoms with Crippen LogP contribution in [-0.4, -0.2) is 23.5 Å². The molecule has 0 atom stereocenters. The SMILES string of the molecule is COCCn1ncc(NCc2cc(C)c(C)s2)c(Br)c1=O. The monoisotopic (exact) mass is 371 g/mol. The van der Waals surface area contributed by atoms with Gasteiger partial charge in [0.15, 0.2) is 0 Å². The van der Waals surface area contributed by atoms with Gasteiger partial charge in [-0.15, -0.1) is 11.3 Å². The molecule has 2 heterocycles. The summed E-state index contributed by atoms with van der Waals surface area (Å²) in [5.74, 6) is 0. The lowest BCUT2D eigenvalue weighted by Gasteiger charge is -2.09. The van der Waals surface area contributed by atoms with E-state index in [1.807, 2.05) is 0 Å². The quantitative estimate of drug-likeness (QED) is 0.847. The summed E-state index contributed by atoms with van der Waals surface area (Å²) in [4.78, 5) is 14.7. The van der Waals surface area contributed by atoms with Crippen LogP contribution in [0.2, 0.25) is 0 Å². The van der Waals surface area contributed by atoms with Crippen molar-refractivity contribution >= 4 is 33.0 Å². The van der Waals surface area contributed by atoms with Gasteiger partial charge in [-0.05, 0) is 41.4 Å². The Balaban J connectivity index is 2.10. The van der Waals surface area contributed by atoms with E-state index in [9.17, 15) is 4.79 Å². The molecular formula is C14H18BrN3O2S. The molecule has 0 saturated carbocycles. The van der Waals surface area contributed by atoms with Crippen LogP contribution < -0.4 is 10.9 Å². The fourth-order valence-electron chi connectivity index (χ4n) is 1.84. The molecule has 0 unspecified atom stereocenters. The second-order valence-electron chi connectivity index (χ2n) is 4.70. The summed E-state index contributed by atoms with van der Waals surface area (Å²) in [6.45, 7) is 5.79. The zero-order chi connectivity index (χ0) is 15.4. The highest BCUT2D eigenvalue weighted by atomic mass is 79.9. The molecule has 0 radical (unpaired) electrons. The van der Waals surface area contributed by atoms with Gasteiger partial charge in [0.25, 0.3) is 5.56 Å². The van der Waals surface area contributed by atoms with Crippen LogP contribution in [0.4, 0.5) is 5.69 Å². The van der Waals surface area contributed by atoms with E-state index in [4.69, 9.17) is 4.74 Å². The number of thiophene rings is 1. The Morgan fingerprint density at radius 1 is 1.48 bits per heavy atom. The van der Waals surface area contributed by atoms with Crippen molar-refractivity contribution in [3.63, 3.8) is 0 Å². The van der Waals surface area contributed by atoms with Gasteiger partial charge in [0.1, 0.15) is 4.47 Å². The van der Waals surface area contributed by atoms with Gasteiger partial charge in [-0.2, -0.15) is 5.10 Å². The van der Waals surface area contributed by atoms with E-state index in [-0.39, 0.29) is 5.56 Å². The lowest BCUT2D eigenvalue weighted by atomic mass is 10.3. The summed E-state index contributed by atoms with van der Waals surface area (Å²) >= 11 is 5.10. The van der Waals surface area contributed by atoms with Crippen molar-refractivity contribution in [1.82, 2.24) is 9.78 Å². The average Bonchev–Trinajstić information content (AvgIpc) is 2.78. The number of hydrogen-bond donors (Lipinski definition) is 1. The average molecular weight is 372 g/mol. The third-order valence-electron chi connectivity index (χ3n) is 3.16. The molecule has 114 valence electrons. The molecule has 7 heteroatoms. The third kappa shape index (κ3) is 3.93. The minimum Gasteiger partial charge on any atom is -0.383 e. The number of hydrogen-bond acceptors (Lipinski definition) is 5. The molecule has 21 heavy (non-hydrogen) atoms. The van der Waals surface area contributed by atoms with Crippen LogP contribution >= 0.6 is 27.3 Å². The summed E-state index contributed by atoms with van der Waals surface area (Å²) in [7, 11) is 1.60. The van der Waals surface area contributed by atoms with Crippen molar-refractivity contribution in [2.24, 2.45) is 0 Å². The van der Waals surface area contributed by atoms with Gasteiger partial charge in [-0.3, -0.25) is 4.79 Å². The molecule has 2 rings (SSSR count). The topological polar surface area (TPSA) is 56.1 Å². The Morgan fingerprint density at radius 3 is 2.86 bits per heavy atom. The molecule has 0 aromatic carbocycles. The Morgan fingerprint density at radius 2 is 2.24 bits per heavy atom. The predicted molar refractivity (Wildman–Crippen MR) is 89.2 cm³/mol. The van der Waals surface area contributed by atoms with Gasteiger partial charge in [0.2, 0.25) is 0 Å². The van der Waals surface area contributed by atoms with E-state index < -0.39 is 0 Å². The standard InChI is InChI=1S/C14H18BrN3O2S/c1-9-6-11(21-10(9)2)7-16-12-8-17-18(4-5-20-3)14(19)13(12)15/h6,8,16H,4-5,7H2,1-3H3. The van der Waals surface area contributed by atoms with E-state index in [0.29, 0.717) is 29.9 Å². The number of rotatable bonds is 6. The second-order valence-corrected chi connectivity index (χ2v) is 6.83. The van der Waals surface area contributed by atoms with Gasteiger partial charge in [0.05, 0.1) is 25.0 Å². The van der Waals surface area contributed by atoms with Crippen molar-refractivity contribution in [2.45, 2.75) is 26.9 Å². The summed E-state index contributed by atoms with van der Waals surface area (Å²) in [5, 5.41) is 7.40. The first-order chi connectivity index (χ1) is 10.0. The molecule has 0 bridgehead atoms. The van der Waals surface area contributed by atoms with E-state index in [1.54, 1.807) is 24.6 Å². The zero-order valence-electron chi connectivity index (χ0n) is 12.3. The van der Waals surface area contributed by atoms with Gasteiger partial charge in [-0.25, -0.2) is 4.68 Å². The molecule has 2 aromatic heterocycles. The van der Waals surface area contributed by atoms with E-state index in [2.05, 4.69) is 46.3 Å². The summed E-state index contributed by atoms with van der Waals surface area (Å²) in [5.41, 5.74) is 1.84. The number of nitrogens with one attached hydrogen (secondary N) is 1. The number of nitrogens with zero attached hydrogens (tertiary/aromatic N) is 2. The second kappa shape index (κ2) is 7.20. The van der Waals surface area contributed by atoms with E-state index >= 15 is 0 Å². The number of aryl methyl sites for hydroxylation is 2. The maximum atomic E-state index is 12.1. The third-order valence-corrected chi connectivity index (χ3v) is 5.08. The number of anilines is 1. The van der Waals surface area contributed by atoms with Crippen LogP contribution in [0.25, 0.3) is 0 Å². The maximum absolute atomic E-state index is 12.1. The summed E-state index contributed by atoms with van der Waals surface area (Å²) in [6, 6.07) is 2.16. The van der Waals surface area contributed by atoms with Crippen molar-refractivity contribution in [3.05, 3.63) is 42.4 Å². The zero-order valence-corrected chi connectivity index (χ0v) is 14.7. The van der Waals surface area contributed by atoms with Gasteiger partial charge < -0.3 is 10.1 Å². The summed E-state index contributed by atoms with van der Waals surface area (Å²) < 4.78 is 6.85. The molecule has 0 aliphatic heterocycles. The first-order valence-electron chi connectivity index (χ1n) is 6.57. The minimum atomic E-state index is -0.157. The van der Waals surface area contributed by atoms with Crippen molar-refractivity contribution < 1.29 is 4.74 Å². The fraction of sp³-hybridized carbons (Fsp3) is 0.429. The Kier molecular flexibility index (Phi) is 5.55. The Bertz CT molecular complexity index is 662. The Labute approximate surface area is 136 Å². The normalized spacial score (nSPS) is 10.9. The molecule has 0 aliphatic carbocycles. The molecule has 1 N–H and O–H groups in total. The molecule has 0 saturated heterocycles. The van der Waals surface area contributed by atoms with Crippen LogP contribution in [0.1, 0.15) is 15.3 Å². The van der Waals surface area contributed by atoms with Crippen LogP contribution in [0, 0.1) is 13.8 Å². The number of methoxy groups -OCH3 is 1. The highest BCUT2D eigenvalue weighted by Gasteiger charge is 2.09. The van der Waals surface area contributed by atoms with Crippen molar-refractivity contribution in [3.8, 4) is 0 Å². The number of ether oxygens (including phenoxy) is 1. The van der Waals surface area contributed by atoms with Crippen LogP contribution in [0.3, 0.4) is 0 Å². The first kappa shape index (κ1) is 16.2. The van der Waals surface area contributed by atoms with E-state index in [1.165, 1.54) is 20.0 Å². The molecule has 5 nitrogen and oxygen atoms in total. The molecule has 0 amide bonds. The minimum absolute atomic E-state index is 0.157. The predicted octanol–water partition coefficient (Wildman–Crippen LogP) is 2.94. The highest BCUT2D eigenvalue weighted by Crippen LogP contribution is 2.23. The van der Waals surface area contributed by atoms with E-state index in [0.717, 1.165) is 0 Å². The largest absolute Gasteiger partial charge is 0.383 e. The van der Waals surface area contributed by atoms with Gasteiger partial charge in [-0.1, -0.05) is 0 Å². The van der Waals surface area contributed by atoms with Gasteiger partial charge in [0, 0.05) is 23.4 Å². The van der Waals surface area contributed by atoms with Crippen LogP contribution in [0.5, 0.6) is 0 Å². The fourth-order valence-corrected chi connectivity index (χ4v) is 3.28. The number of halogens is 1. The molecule has 0 spiro atoms. The lowest BCUT2D eigenvalue weighted by Crippen LogP contribution is -2.26. The lowest BCUT2D eigenvalue weighted by molar-refractivity contribution is 0.181. The van der Waals surface area contributed by atoms with Crippen LogP contribution in [0.15, 0.2) is 21.5 Å². The maximum Gasteiger partial charge on any atom is 0.283 e. The molecule has 2 aromatic rings. The summed E-state index contributed by atoms with van der Waals surface area (Å²) in [6.07, 6.45) is 1.66. The number of aromatic nitrogens is 2. The van der Waals surface area contributed by atoms with Crippen LogP contribution in [-0.2, 0) is 17.8 Å². The molecular weight excluding hydrogens is 354 g/mol.